The summed E-state index contributed by atoms with van der Waals surface area (Å²) in [5.74, 6) is 0.784. The molecule has 0 aliphatic heterocycles. The Morgan fingerprint density at radius 3 is 2.69 bits per heavy atom. The Labute approximate surface area is 96.0 Å². The van der Waals surface area contributed by atoms with E-state index in [1.165, 1.54) is 0 Å². The maximum absolute atomic E-state index is 9.61. The number of para-hydroxylation sites is 2. The van der Waals surface area contributed by atoms with Gasteiger partial charge < -0.3 is 14.6 Å². The van der Waals surface area contributed by atoms with E-state index < -0.39 is 0 Å². The quantitative estimate of drug-likeness (QED) is 0.854. The summed E-state index contributed by atoms with van der Waals surface area (Å²) < 4.78 is 11.1. The smallest absolute Gasteiger partial charge is 0.161 e. The van der Waals surface area contributed by atoms with Gasteiger partial charge in [0.05, 0.1) is 6.10 Å². The van der Waals surface area contributed by atoms with Crippen LogP contribution in [0, 0.1) is 0 Å². The summed E-state index contributed by atoms with van der Waals surface area (Å²) in [6.07, 6.45) is 4.63. The molecule has 0 radical (unpaired) electrons. The molecule has 1 aromatic rings. The van der Waals surface area contributed by atoms with E-state index in [1.54, 1.807) is 25.3 Å². The van der Waals surface area contributed by atoms with Crippen LogP contribution < -0.4 is 4.74 Å². The molecule has 3 heteroatoms. The lowest BCUT2D eigenvalue weighted by molar-refractivity contribution is 0.0202. The summed E-state index contributed by atoms with van der Waals surface area (Å²) in [7, 11) is 1.74. The summed E-state index contributed by atoms with van der Waals surface area (Å²) in [5.41, 5.74) is 0. The van der Waals surface area contributed by atoms with Gasteiger partial charge in [-0.15, -0.1) is 0 Å². The van der Waals surface area contributed by atoms with Crippen LogP contribution in [0.3, 0.4) is 0 Å². The normalized spacial score (nSPS) is 25.3. The number of hydrogen-bond acceptors (Lipinski definition) is 3. The van der Waals surface area contributed by atoms with Crippen molar-refractivity contribution in [3.63, 3.8) is 0 Å². The number of aromatic hydroxyl groups is 1. The highest BCUT2D eigenvalue weighted by Gasteiger charge is 2.23. The molecule has 1 aliphatic rings. The molecule has 1 saturated carbocycles. The van der Waals surface area contributed by atoms with E-state index in [4.69, 9.17) is 9.47 Å². The minimum atomic E-state index is 0.159. The van der Waals surface area contributed by atoms with Crippen LogP contribution in [0.2, 0.25) is 0 Å². The standard InChI is InChI=1S/C13H18O3/c1-15-10-5-4-6-11(9-10)16-13-8-3-2-7-12(13)14/h2-3,7-8,10-11,14H,4-6,9H2,1H3. The Balaban J connectivity index is 1.97. The van der Waals surface area contributed by atoms with E-state index >= 15 is 0 Å². The van der Waals surface area contributed by atoms with Crippen molar-refractivity contribution >= 4 is 0 Å². The number of phenolic OH excluding ortho intramolecular Hbond substituents is 1. The van der Waals surface area contributed by atoms with Gasteiger partial charge in [-0.25, -0.2) is 0 Å². The lowest BCUT2D eigenvalue weighted by Gasteiger charge is -2.28. The molecule has 0 bridgehead atoms. The Hall–Kier alpha value is -1.22. The van der Waals surface area contributed by atoms with Gasteiger partial charge in [0, 0.05) is 13.5 Å². The molecule has 1 N–H and O–H groups in total. The van der Waals surface area contributed by atoms with Crippen LogP contribution in [0.25, 0.3) is 0 Å². The predicted octanol–water partition coefficient (Wildman–Crippen LogP) is 2.73. The first-order valence-electron chi connectivity index (χ1n) is 5.77. The van der Waals surface area contributed by atoms with Gasteiger partial charge in [-0.2, -0.15) is 0 Å². The van der Waals surface area contributed by atoms with E-state index in [9.17, 15) is 5.11 Å². The molecule has 0 spiro atoms. The zero-order valence-corrected chi connectivity index (χ0v) is 9.56. The fraction of sp³-hybridized carbons (Fsp3) is 0.538. The van der Waals surface area contributed by atoms with Crippen LogP contribution >= 0.6 is 0 Å². The summed E-state index contributed by atoms with van der Waals surface area (Å²) in [5, 5.41) is 9.61. The molecular formula is C13H18O3. The van der Waals surface area contributed by atoms with Gasteiger partial charge in [-0.05, 0) is 31.4 Å². The molecule has 88 valence electrons. The topological polar surface area (TPSA) is 38.7 Å². The molecule has 2 rings (SSSR count). The lowest BCUT2D eigenvalue weighted by atomic mass is 9.95. The first kappa shape index (κ1) is 11.3. The van der Waals surface area contributed by atoms with Crippen LogP contribution in [0.5, 0.6) is 11.5 Å². The summed E-state index contributed by atoms with van der Waals surface area (Å²) in [4.78, 5) is 0. The maximum Gasteiger partial charge on any atom is 0.161 e. The highest BCUT2D eigenvalue weighted by molar-refractivity contribution is 5.38. The van der Waals surface area contributed by atoms with Crippen molar-refractivity contribution in [3.8, 4) is 11.5 Å². The van der Waals surface area contributed by atoms with Crippen LogP contribution in [-0.2, 0) is 4.74 Å². The first-order valence-corrected chi connectivity index (χ1v) is 5.77. The molecule has 1 fully saturated rings. The van der Waals surface area contributed by atoms with E-state index in [2.05, 4.69) is 0 Å². The van der Waals surface area contributed by atoms with Crippen LogP contribution in [0.1, 0.15) is 25.7 Å². The second kappa shape index (κ2) is 5.21. The van der Waals surface area contributed by atoms with E-state index in [1.807, 2.05) is 6.07 Å². The third-order valence-electron chi connectivity index (χ3n) is 3.07. The third kappa shape index (κ3) is 2.67. The van der Waals surface area contributed by atoms with Gasteiger partial charge in [0.2, 0.25) is 0 Å². The van der Waals surface area contributed by atoms with E-state index in [0.717, 1.165) is 25.7 Å². The molecule has 0 amide bonds. The second-order valence-corrected chi connectivity index (χ2v) is 4.23. The predicted molar refractivity (Wildman–Crippen MR) is 61.8 cm³/mol. The number of hydrogen-bond donors (Lipinski definition) is 1. The Kier molecular flexibility index (Phi) is 3.67. The molecular weight excluding hydrogens is 204 g/mol. The lowest BCUT2D eigenvalue weighted by Crippen LogP contribution is -2.29. The third-order valence-corrected chi connectivity index (χ3v) is 3.07. The Morgan fingerprint density at radius 2 is 1.94 bits per heavy atom. The molecule has 1 aromatic carbocycles. The van der Waals surface area contributed by atoms with Gasteiger partial charge in [-0.3, -0.25) is 0 Å². The number of benzene rings is 1. The van der Waals surface area contributed by atoms with Crippen LogP contribution in [-0.4, -0.2) is 24.4 Å². The van der Waals surface area contributed by atoms with Crippen molar-refractivity contribution in [3.05, 3.63) is 24.3 Å². The molecule has 0 saturated heterocycles. The molecule has 3 nitrogen and oxygen atoms in total. The van der Waals surface area contributed by atoms with Crippen molar-refractivity contribution in [1.82, 2.24) is 0 Å². The van der Waals surface area contributed by atoms with Crippen molar-refractivity contribution in [1.29, 1.82) is 0 Å². The number of rotatable bonds is 3. The number of phenols is 1. The van der Waals surface area contributed by atoms with Gasteiger partial charge >= 0.3 is 0 Å². The molecule has 0 heterocycles. The molecule has 0 aromatic heterocycles. The van der Waals surface area contributed by atoms with Crippen LogP contribution in [0.15, 0.2) is 24.3 Å². The summed E-state index contributed by atoms with van der Waals surface area (Å²) >= 11 is 0. The molecule has 2 unspecified atom stereocenters. The van der Waals surface area contributed by atoms with Gasteiger partial charge in [0.1, 0.15) is 6.10 Å². The Bertz CT molecular complexity index is 338. The summed E-state index contributed by atoms with van der Waals surface area (Å²) in [6.45, 7) is 0. The maximum atomic E-state index is 9.61. The number of ether oxygens (including phenoxy) is 2. The second-order valence-electron chi connectivity index (χ2n) is 4.23. The molecule has 2 atom stereocenters. The Morgan fingerprint density at radius 1 is 1.19 bits per heavy atom. The minimum absolute atomic E-state index is 0.159. The van der Waals surface area contributed by atoms with Gasteiger partial charge in [-0.1, -0.05) is 12.1 Å². The molecule has 1 aliphatic carbocycles. The zero-order chi connectivity index (χ0) is 11.4. The van der Waals surface area contributed by atoms with Gasteiger partial charge in [0.15, 0.2) is 11.5 Å². The highest BCUT2D eigenvalue weighted by Crippen LogP contribution is 2.30. The van der Waals surface area contributed by atoms with Crippen LogP contribution in [0.4, 0.5) is 0 Å². The van der Waals surface area contributed by atoms with E-state index in [0.29, 0.717) is 11.9 Å². The summed E-state index contributed by atoms with van der Waals surface area (Å²) in [6, 6.07) is 7.10. The first-order chi connectivity index (χ1) is 7.79. The fourth-order valence-electron chi connectivity index (χ4n) is 2.16. The SMILES string of the molecule is COC1CCCC(Oc2ccccc2O)C1. The average Bonchev–Trinajstić information content (AvgIpc) is 2.32. The van der Waals surface area contributed by atoms with Crippen molar-refractivity contribution in [2.24, 2.45) is 0 Å². The van der Waals surface area contributed by atoms with E-state index in [-0.39, 0.29) is 11.9 Å². The van der Waals surface area contributed by atoms with Crippen molar-refractivity contribution < 1.29 is 14.6 Å². The number of methoxy groups -OCH3 is 1. The molecule has 16 heavy (non-hydrogen) atoms. The van der Waals surface area contributed by atoms with Crippen molar-refractivity contribution in [2.45, 2.75) is 37.9 Å². The largest absolute Gasteiger partial charge is 0.504 e. The zero-order valence-electron chi connectivity index (χ0n) is 9.56. The van der Waals surface area contributed by atoms with Gasteiger partial charge in [0.25, 0.3) is 0 Å². The monoisotopic (exact) mass is 222 g/mol. The fourth-order valence-corrected chi connectivity index (χ4v) is 2.16. The van der Waals surface area contributed by atoms with Crippen molar-refractivity contribution in [2.75, 3.05) is 7.11 Å². The average molecular weight is 222 g/mol. The minimum Gasteiger partial charge on any atom is -0.504 e. The highest BCUT2D eigenvalue weighted by atomic mass is 16.5.